The van der Waals surface area contributed by atoms with Crippen molar-refractivity contribution in [2.45, 2.75) is 19.9 Å². The van der Waals surface area contributed by atoms with E-state index < -0.39 is 0 Å². The van der Waals surface area contributed by atoms with Gasteiger partial charge in [0.25, 0.3) is 0 Å². The number of aromatic nitrogens is 2. The molecule has 0 fully saturated rings. The second-order valence-electron chi connectivity index (χ2n) is 4.18. The number of ether oxygens (including phenoxy) is 1. The first kappa shape index (κ1) is 13.4. The van der Waals surface area contributed by atoms with Crippen molar-refractivity contribution in [1.29, 1.82) is 0 Å². The van der Waals surface area contributed by atoms with Crippen molar-refractivity contribution in [3.05, 3.63) is 29.7 Å². The monoisotopic (exact) mass is 263 g/mol. The Kier molecular flexibility index (Phi) is 4.35. The number of furan rings is 1. The molecule has 0 radical (unpaired) electrons. The van der Waals surface area contributed by atoms with Crippen LogP contribution in [-0.4, -0.2) is 29.8 Å². The number of aromatic amines is 1. The molecule has 2 aromatic rings. The van der Waals surface area contributed by atoms with Crippen LogP contribution in [-0.2, 0) is 16.1 Å². The third-order valence-corrected chi connectivity index (χ3v) is 2.75. The molecular weight excluding hydrogens is 246 g/mol. The zero-order valence-corrected chi connectivity index (χ0v) is 11.0. The fourth-order valence-electron chi connectivity index (χ4n) is 1.74. The molecule has 0 spiro atoms. The van der Waals surface area contributed by atoms with Gasteiger partial charge in [-0.15, -0.1) is 0 Å². The molecule has 19 heavy (non-hydrogen) atoms. The highest BCUT2D eigenvalue weighted by Crippen LogP contribution is 2.23. The van der Waals surface area contributed by atoms with Crippen LogP contribution in [0.3, 0.4) is 0 Å². The summed E-state index contributed by atoms with van der Waals surface area (Å²) in [5.74, 6) is 1.40. The van der Waals surface area contributed by atoms with Gasteiger partial charge in [-0.05, 0) is 19.1 Å². The van der Waals surface area contributed by atoms with Gasteiger partial charge in [0.05, 0.1) is 19.7 Å². The largest absolute Gasteiger partial charge is 0.469 e. The molecule has 0 atom stereocenters. The van der Waals surface area contributed by atoms with Crippen LogP contribution in [0.25, 0.3) is 11.5 Å². The number of esters is 1. The molecule has 102 valence electrons. The summed E-state index contributed by atoms with van der Waals surface area (Å²) in [6.45, 7) is 3.07. The normalized spacial score (nSPS) is 10.6. The van der Waals surface area contributed by atoms with E-state index in [2.05, 4.69) is 20.3 Å². The van der Waals surface area contributed by atoms with Gasteiger partial charge in [0.15, 0.2) is 5.76 Å². The number of H-pyrrole nitrogens is 1. The van der Waals surface area contributed by atoms with Gasteiger partial charge < -0.3 is 14.5 Å². The molecule has 6 heteroatoms. The van der Waals surface area contributed by atoms with E-state index in [4.69, 9.17) is 4.42 Å². The van der Waals surface area contributed by atoms with Gasteiger partial charge in [0.2, 0.25) is 0 Å². The molecular formula is C13H17N3O3. The molecule has 0 aromatic carbocycles. The molecule has 0 amide bonds. The van der Waals surface area contributed by atoms with Gasteiger partial charge in [-0.2, -0.15) is 5.10 Å². The highest BCUT2D eigenvalue weighted by Gasteiger charge is 2.10. The Morgan fingerprint density at radius 3 is 3.05 bits per heavy atom. The maximum atomic E-state index is 11.0. The highest BCUT2D eigenvalue weighted by molar-refractivity contribution is 5.69. The van der Waals surface area contributed by atoms with Crippen LogP contribution in [0.1, 0.15) is 17.7 Å². The predicted octanol–water partition coefficient (Wildman–Crippen LogP) is 1.63. The molecule has 0 aliphatic rings. The van der Waals surface area contributed by atoms with E-state index in [-0.39, 0.29) is 5.97 Å². The summed E-state index contributed by atoms with van der Waals surface area (Å²) in [6.07, 6.45) is 2.10. The lowest BCUT2D eigenvalue weighted by atomic mass is 10.2. The van der Waals surface area contributed by atoms with Gasteiger partial charge in [0, 0.05) is 18.7 Å². The van der Waals surface area contributed by atoms with Crippen molar-refractivity contribution < 1.29 is 13.9 Å². The Bertz CT molecular complexity index is 545. The van der Waals surface area contributed by atoms with Crippen LogP contribution in [0.2, 0.25) is 0 Å². The van der Waals surface area contributed by atoms with Crippen molar-refractivity contribution in [1.82, 2.24) is 15.5 Å². The fourth-order valence-corrected chi connectivity index (χ4v) is 1.74. The minimum absolute atomic E-state index is 0.221. The summed E-state index contributed by atoms with van der Waals surface area (Å²) in [4.78, 5) is 11.0. The van der Waals surface area contributed by atoms with Crippen LogP contribution in [0.4, 0.5) is 0 Å². The van der Waals surface area contributed by atoms with E-state index in [1.54, 1.807) is 6.20 Å². The lowest BCUT2D eigenvalue weighted by Crippen LogP contribution is -2.18. The standard InChI is InChI=1S/C13H17N3O3/c1-9-3-4-11(19-9)13-10(8-15-16-13)7-14-6-5-12(17)18-2/h3-4,8,14H,5-7H2,1-2H3,(H,15,16). The number of nitrogens with zero attached hydrogens (tertiary/aromatic N) is 1. The number of methoxy groups -OCH3 is 1. The Morgan fingerprint density at radius 1 is 1.53 bits per heavy atom. The van der Waals surface area contributed by atoms with E-state index in [1.807, 2.05) is 19.1 Å². The highest BCUT2D eigenvalue weighted by atomic mass is 16.5. The molecule has 6 nitrogen and oxygen atoms in total. The van der Waals surface area contributed by atoms with Gasteiger partial charge in [0.1, 0.15) is 11.5 Å². The predicted molar refractivity (Wildman–Crippen MR) is 69.4 cm³/mol. The lowest BCUT2D eigenvalue weighted by molar-refractivity contribution is -0.140. The third-order valence-electron chi connectivity index (χ3n) is 2.75. The summed E-state index contributed by atoms with van der Waals surface area (Å²) in [7, 11) is 1.38. The van der Waals surface area contributed by atoms with E-state index in [0.717, 1.165) is 22.8 Å². The van der Waals surface area contributed by atoms with Crippen molar-refractivity contribution in [3.8, 4) is 11.5 Å². The number of aryl methyl sites for hydroxylation is 1. The molecule has 2 aromatic heterocycles. The fraction of sp³-hybridized carbons (Fsp3) is 0.385. The number of nitrogens with one attached hydrogen (secondary N) is 2. The van der Waals surface area contributed by atoms with Gasteiger partial charge in [-0.3, -0.25) is 9.89 Å². The Balaban J connectivity index is 1.91. The molecule has 0 aliphatic heterocycles. The molecule has 0 aliphatic carbocycles. The smallest absolute Gasteiger partial charge is 0.306 e. The average Bonchev–Trinajstić information content (AvgIpc) is 3.02. The lowest BCUT2D eigenvalue weighted by Gasteiger charge is -2.03. The Labute approximate surface area is 111 Å². The number of carbonyl (C=O) groups is 1. The minimum atomic E-state index is -0.221. The third kappa shape index (κ3) is 3.45. The van der Waals surface area contributed by atoms with Crippen LogP contribution < -0.4 is 5.32 Å². The number of hydrogen-bond donors (Lipinski definition) is 2. The zero-order chi connectivity index (χ0) is 13.7. The topological polar surface area (TPSA) is 80.1 Å². The average molecular weight is 263 g/mol. The van der Waals surface area contributed by atoms with Crippen molar-refractivity contribution >= 4 is 5.97 Å². The van der Waals surface area contributed by atoms with Crippen LogP contribution >= 0.6 is 0 Å². The second-order valence-corrected chi connectivity index (χ2v) is 4.18. The number of hydrogen-bond acceptors (Lipinski definition) is 5. The van der Waals surface area contributed by atoms with Crippen LogP contribution in [0, 0.1) is 6.92 Å². The van der Waals surface area contributed by atoms with Crippen LogP contribution in [0.15, 0.2) is 22.7 Å². The summed E-state index contributed by atoms with van der Waals surface area (Å²) < 4.78 is 10.1. The number of rotatable bonds is 6. The molecule has 0 unspecified atom stereocenters. The van der Waals surface area contributed by atoms with E-state index in [1.165, 1.54) is 7.11 Å². The van der Waals surface area contributed by atoms with Crippen molar-refractivity contribution in [2.75, 3.05) is 13.7 Å². The summed E-state index contributed by atoms with van der Waals surface area (Å²) in [5, 5.41) is 10.1. The molecule has 0 saturated heterocycles. The SMILES string of the molecule is COC(=O)CCNCc1cn[nH]c1-c1ccc(C)o1. The molecule has 2 N–H and O–H groups in total. The number of carbonyl (C=O) groups excluding carboxylic acids is 1. The van der Waals surface area contributed by atoms with Gasteiger partial charge in [-0.25, -0.2) is 0 Å². The quantitative estimate of drug-likeness (QED) is 0.611. The maximum absolute atomic E-state index is 11.0. The van der Waals surface area contributed by atoms with Gasteiger partial charge >= 0.3 is 5.97 Å². The molecule has 2 rings (SSSR count). The second kappa shape index (κ2) is 6.19. The van der Waals surface area contributed by atoms with Gasteiger partial charge in [-0.1, -0.05) is 0 Å². The maximum Gasteiger partial charge on any atom is 0.306 e. The molecule has 0 bridgehead atoms. The zero-order valence-electron chi connectivity index (χ0n) is 11.0. The molecule has 2 heterocycles. The minimum Gasteiger partial charge on any atom is -0.469 e. The summed E-state index contributed by atoms with van der Waals surface area (Å²) >= 11 is 0. The first-order chi connectivity index (χ1) is 9.20. The van der Waals surface area contributed by atoms with E-state index in [0.29, 0.717) is 19.5 Å². The Morgan fingerprint density at radius 2 is 2.37 bits per heavy atom. The summed E-state index contributed by atoms with van der Waals surface area (Å²) in [5.41, 5.74) is 1.86. The summed E-state index contributed by atoms with van der Waals surface area (Å²) in [6, 6.07) is 3.81. The van der Waals surface area contributed by atoms with Crippen molar-refractivity contribution in [2.24, 2.45) is 0 Å². The van der Waals surface area contributed by atoms with E-state index in [9.17, 15) is 4.79 Å². The first-order valence-corrected chi connectivity index (χ1v) is 6.07. The van der Waals surface area contributed by atoms with Crippen molar-refractivity contribution in [3.63, 3.8) is 0 Å². The van der Waals surface area contributed by atoms with E-state index >= 15 is 0 Å². The van der Waals surface area contributed by atoms with Crippen LogP contribution in [0.5, 0.6) is 0 Å². The first-order valence-electron chi connectivity index (χ1n) is 6.07. The Hall–Kier alpha value is -2.08. The molecule has 0 saturated carbocycles.